The third-order valence-corrected chi connectivity index (χ3v) is 4.08. The van der Waals surface area contributed by atoms with E-state index in [1.54, 1.807) is 25.3 Å². The molecule has 1 saturated heterocycles. The molecule has 0 atom stereocenters. The quantitative estimate of drug-likeness (QED) is 0.921. The number of amides is 1. The van der Waals surface area contributed by atoms with E-state index in [0.29, 0.717) is 23.2 Å². The van der Waals surface area contributed by atoms with Gasteiger partial charge in [0.25, 0.3) is 0 Å². The summed E-state index contributed by atoms with van der Waals surface area (Å²) in [6.07, 6.45) is 2.36. The first-order valence-electron chi connectivity index (χ1n) is 6.91. The molecule has 4 nitrogen and oxygen atoms in total. The van der Waals surface area contributed by atoms with Gasteiger partial charge in [-0.15, -0.1) is 12.4 Å². The van der Waals surface area contributed by atoms with E-state index in [1.165, 1.54) is 0 Å². The maximum absolute atomic E-state index is 12.3. The fourth-order valence-corrected chi connectivity index (χ4v) is 2.77. The molecule has 21 heavy (non-hydrogen) atoms. The van der Waals surface area contributed by atoms with Crippen LogP contribution in [0.4, 0.5) is 0 Å². The van der Waals surface area contributed by atoms with Crippen molar-refractivity contribution >= 4 is 29.9 Å². The molecule has 1 heterocycles. The molecule has 1 fully saturated rings. The van der Waals surface area contributed by atoms with Gasteiger partial charge in [-0.25, -0.2) is 0 Å². The van der Waals surface area contributed by atoms with Crippen LogP contribution >= 0.6 is 24.0 Å². The van der Waals surface area contributed by atoms with E-state index in [1.807, 2.05) is 11.9 Å². The number of likely N-dealkylation sites (tertiary alicyclic amines) is 1. The number of hydrogen-bond acceptors (Lipinski definition) is 3. The molecule has 1 aliphatic rings. The Morgan fingerprint density at radius 2 is 2.10 bits per heavy atom. The number of benzene rings is 1. The molecule has 0 radical (unpaired) electrons. The summed E-state index contributed by atoms with van der Waals surface area (Å²) in [5, 5.41) is 3.89. The molecule has 1 aromatic carbocycles. The molecule has 0 unspecified atom stereocenters. The molecule has 0 aromatic heterocycles. The van der Waals surface area contributed by atoms with E-state index >= 15 is 0 Å². The molecule has 118 valence electrons. The molecule has 2 rings (SSSR count). The number of hydrogen-bond donors (Lipinski definition) is 1. The van der Waals surface area contributed by atoms with Crippen molar-refractivity contribution in [2.24, 2.45) is 0 Å². The molecule has 1 aromatic rings. The molecule has 0 spiro atoms. The third kappa shape index (κ3) is 4.77. The number of rotatable bonds is 4. The van der Waals surface area contributed by atoms with Crippen LogP contribution < -0.4 is 10.1 Å². The van der Waals surface area contributed by atoms with Gasteiger partial charge in [0, 0.05) is 29.7 Å². The standard InChI is InChI=1S/C15H21ClN2O2.ClH/c1-17-13-5-7-18(8-6-13)15(19)10-11-9-12(16)3-4-14(11)20-2;/h3-4,9,13,17H,5-8,10H2,1-2H3;1H. The van der Waals surface area contributed by atoms with Gasteiger partial charge in [0.1, 0.15) is 5.75 Å². The molecule has 1 amide bonds. The Labute approximate surface area is 137 Å². The summed E-state index contributed by atoms with van der Waals surface area (Å²) in [7, 11) is 3.58. The fraction of sp³-hybridized carbons (Fsp3) is 0.533. The zero-order valence-electron chi connectivity index (χ0n) is 12.4. The van der Waals surface area contributed by atoms with E-state index in [9.17, 15) is 4.79 Å². The number of piperidine rings is 1. The van der Waals surface area contributed by atoms with Crippen LogP contribution in [0, 0.1) is 0 Å². The van der Waals surface area contributed by atoms with Gasteiger partial charge in [-0.2, -0.15) is 0 Å². The van der Waals surface area contributed by atoms with Crippen molar-refractivity contribution in [1.82, 2.24) is 10.2 Å². The Hall–Kier alpha value is -0.970. The van der Waals surface area contributed by atoms with Gasteiger partial charge in [-0.05, 0) is 38.1 Å². The average Bonchev–Trinajstić information content (AvgIpc) is 2.47. The van der Waals surface area contributed by atoms with Crippen molar-refractivity contribution in [1.29, 1.82) is 0 Å². The maximum atomic E-state index is 12.3. The minimum atomic E-state index is 0. The van der Waals surface area contributed by atoms with Crippen LogP contribution in [0.2, 0.25) is 5.02 Å². The minimum Gasteiger partial charge on any atom is -0.496 e. The number of halogens is 2. The zero-order valence-corrected chi connectivity index (χ0v) is 14.0. The lowest BCUT2D eigenvalue weighted by atomic mass is 10.0. The SMILES string of the molecule is CNC1CCN(C(=O)Cc2cc(Cl)ccc2OC)CC1.Cl. The molecule has 0 aliphatic carbocycles. The summed E-state index contributed by atoms with van der Waals surface area (Å²) in [6, 6.07) is 5.91. The number of ether oxygens (including phenoxy) is 1. The Morgan fingerprint density at radius 1 is 1.43 bits per heavy atom. The number of methoxy groups -OCH3 is 1. The van der Waals surface area contributed by atoms with Crippen molar-refractivity contribution in [3.05, 3.63) is 28.8 Å². The first-order valence-corrected chi connectivity index (χ1v) is 7.29. The van der Waals surface area contributed by atoms with Crippen molar-refractivity contribution in [3.63, 3.8) is 0 Å². The lowest BCUT2D eigenvalue weighted by Gasteiger charge is -2.32. The highest BCUT2D eigenvalue weighted by atomic mass is 35.5. The molecule has 0 bridgehead atoms. The highest BCUT2D eigenvalue weighted by molar-refractivity contribution is 6.30. The number of nitrogens with zero attached hydrogens (tertiary/aromatic N) is 1. The predicted octanol–water partition coefficient (Wildman–Crippen LogP) is 2.52. The maximum Gasteiger partial charge on any atom is 0.227 e. The van der Waals surface area contributed by atoms with E-state index in [2.05, 4.69) is 5.32 Å². The Balaban J connectivity index is 0.00000220. The monoisotopic (exact) mass is 332 g/mol. The summed E-state index contributed by atoms with van der Waals surface area (Å²) in [5.41, 5.74) is 0.848. The van der Waals surface area contributed by atoms with Gasteiger partial charge in [-0.1, -0.05) is 11.6 Å². The Bertz CT molecular complexity index is 475. The summed E-state index contributed by atoms with van der Waals surface area (Å²) < 4.78 is 5.28. The number of carbonyl (C=O) groups is 1. The molecule has 6 heteroatoms. The van der Waals surface area contributed by atoms with Crippen molar-refractivity contribution < 1.29 is 9.53 Å². The van der Waals surface area contributed by atoms with E-state index < -0.39 is 0 Å². The van der Waals surface area contributed by atoms with Crippen molar-refractivity contribution in [2.45, 2.75) is 25.3 Å². The van der Waals surface area contributed by atoms with Crippen LogP contribution in [0.1, 0.15) is 18.4 Å². The van der Waals surface area contributed by atoms with Gasteiger partial charge in [-0.3, -0.25) is 4.79 Å². The summed E-state index contributed by atoms with van der Waals surface area (Å²) in [4.78, 5) is 14.3. The second-order valence-electron chi connectivity index (χ2n) is 5.08. The first kappa shape index (κ1) is 18.1. The first-order chi connectivity index (χ1) is 9.63. The van der Waals surface area contributed by atoms with Crippen LogP contribution in [0.5, 0.6) is 5.75 Å². The number of nitrogens with one attached hydrogen (secondary N) is 1. The Morgan fingerprint density at radius 3 is 2.67 bits per heavy atom. The van der Waals surface area contributed by atoms with Gasteiger partial charge in [0.05, 0.1) is 13.5 Å². The van der Waals surface area contributed by atoms with Crippen molar-refractivity contribution in [2.75, 3.05) is 27.2 Å². The normalized spacial score (nSPS) is 15.5. The second kappa shape index (κ2) is 8.47. The van der Waals surface area contributed by atoms with Crippen molar-refractivity contribution in [3.8, 4) is 5.75 Å². The smallest absolute Gasteiger partial charge is 0.227 e. The highest BCUT2D eigenvalue weighted by Gasteiger charge is 2.22. The van der Waals surface area contributed by atoms with E-state index in [4.69, 9.17) is 16.3 Å². The predicted molar refractivity (Wildman–Crippen MR) is 87.6 cm³/mol. The third-order valence-electron chi connectivity index (χ3n) is 3.84. The number of carbonyl (C=O) groups excluding carboxylic acids is 1. The topological polar surface area (TPSA) is 41.6 Å². The highest BCUT2D eigenvalue weighted by Crippen LogP contribution is 2.24. The van der Waals surface area contributed by atoms with Crippen LogP contribution in [0.25, 0.3) is 0 Å². The van der Waals surface area contributed by atoms with Gasteiger partial charge in [0.2, 0.25) is 5.91 Å². The van der Waals surface area contributed by atoms with Crippen LogP contribution in [-0.2, 0) is 11.2 Å². The molecule has 1 N–H and O–H groups in total. The molecular weight excluding hydrogens is 311 g/mol. The molecule has 1 aliphatic heterocycles. The van der Waals surface area contributed by atoms with Crippen LogP contribution in [0.3, 0.4) is 0 Å². The largest absolute Gasteiger partial charge is 0.496 e. The van der Waals surface area contributed by atoms with Crippen LogP contribution in [-0.4, -0.2) is 44.1 Å². The molecule has 0 saturated carbocycles. The summed E-state index contributed by atoms with van der Waals surface area (Å²) >= 11 is 5.99. The zero-order chi connectivity index (χ0) is 14.5. The van der Waals surface area contributed by atoms with E-state index in [-0.39, 0.29) is 18.3 Å². The van der Waals surface area contributed by atoms with Gasteiger partial charge >= 0.3 is 0 Å². The molecular formula is C15H22Cl2N2O2. The average molecular weight is 333 g/mol. The fourth-order valence-electron chi connectivity index (χ4n) is 2.58. The summed E-state index contributed by atoms with van der Waals surface area (Å²) in [5.74, 6) is 0.855. The minimum absolute atomic E-state index is 0. The van der Waals surface area contributed by atoms with E-state index in [0.717, 1.165) is 31.5 Å². The second-order valence-corrected chi connectivity index (χ2v) is 5.51. The van der Waals surface area contributed by atoms with Gasteiger partial charge < -0.3 is 15.0 Å². The van der Waals surface area contributed by atoms with Gasteiger partial charge in [0.15, 0.2) is 0 Å². The lowest BCUT2D eigenvalue weighted by Crippen LogP contribution is -2.44. The lowest BCUT2D eigenvalue weighted by molar-refractivity contribution is -0.131. The van der Waals surface area contributed by atoms with Crippen LogP contribution in [0.15, 0.2) is 18.2 Å². The Kier molecular flexibility index (Phi) is 7.29. The summed E-state index contributed by atoms with van der Waals surface area (Å²) in [6.45, 7) is 1.63.